The van der Waals surface area contributed by atoms with Gasteiger partial charge in [0.05, 0.1) is 12.9 Å². The number of aromatic nitrogens is 4. The standard InChI is InChI=1S/C33H50FN5O6/c1-4-7-9-11-12-13-14-15-16-17-18-20-27(40)43-23-33(6-3)25(44-32(41)42-21-19-10-8-5-2)22-26(45-33)39-24-36-28-29(35)37-31(34)38-30(28)39/h3,24-26H,4-5,7-23H2,1-2H3,(H2,35,37,38)/t25-,26+,33+/m0/s1. The lowest BCUT2D eigenvalue weighted by molar-refractivity contribution is -0.157. The molecule has 0 bridgehead atoms. The Morgan fingerprint density at radius 1 is 1.00 bits per heavy atom. The van der Waals surface area contributed by atoms with Gasteiger partial charge in [0.15, 0.2) is 23.1 Å². The van der Waals surface area contributed by atoms with Gasteiger partial charge in [0, 0.05) is 12.8 Å². The summed E-state index contributed by atoms with van der Waals surface area (Å²) in [5.74, 6) is 2.00. The molecule has 250 valence electrons. The van der Waals surface area contributed by atoms with Crippen molar-refractivity contribution in [2.24, 2.45) is 0 Å². The zero-order valence-electron chi connectivity index (χ0n) is 26.9. The van der Waals surface area contributed by atoms with E-state index in [2.05, 4.69) is 34.7 Å². The van der Waals surface area contributed by atoms with Gasteiger partial charge in [-0.2, -0.15) is 14.4 Å². The number of ether oxygens (including phenoxy) is 4. The number of nitrogens with zero attached hydrogens (tertiary/aromatic N) is 4. The minimum absolute atomic E-state index is 0.0439. The lowest BCUT2D eigenvalue weighted by Crippen LogP contribution is -2.45. The largest absolute Gasteiger partial charge is 0.508 e. The molecular weight excluding hydrogens is 581 g/mol. The first-order valence-corrected chi connectivity index (χ1v) is 16.6. The van der Waals surface area contributed by atoms with Crippen LogP contribution in [0.4, 0.5) is 15.0 Å². The Morgan fingerprint density at radius 2 is 1.62 bits per heavy atom. The van der Waals surface area contributed by atoms with Crippen molar-refractivity contribution in [1.29, 1.82) is 0 Å². The molecule has 11 nitrogen and oxygen atoms in total. The number of anilines is 1. The second kappa shape index (κ2) is 19.1. The van der Waals surface area contributed by atoms with E-state index in [9.17, 15) is 14.0 Å². The Bertz CT molecular complexity index is 1250. The van der Waals surface area contributed by atoms with Gasteiger partial charge in [-0.3, -0.25) is 9.36 Å². The molecule has 3 rings (SSSR count). The van der Waals surface area contributed by atoms with E-state index in [1.54, 1.807) is 0 Å². The lowest BCUT2D eigenvalue weighted by Gasteiger charge is -2.28. The molecule has 2 N–H and O–H groups in total. The number of nitrogen functional groups attached to an aromatic ring is 1. The number of hydrogen-bond acceptors (Lipinski definition) is 10. The number of terminal acetylenes is 1. The minimum Gasteiger partial charge on any atom is -0.461 e. The van der Waals surface area contributed by atoms with Crippen LogP contribution in [0.5, 0.6) is 0 Å². The van der Waals surface area contributed by atoms with Crippen LogP contribution in [-0.2, 0) is 23.7 Å². The number of imidazole rings is 1. The summed E-state index contributed by atoms with van der Waals surface area (Å²) in [5.41, 5.74) is 4.47. The fourth-order valence-electron chi connectivity index (χ4n) is 5.50. The van der Waals surface area contributed by atoms with E-state index in [1.807, 2.05) is 0 Å². The van der Waals surface area contributed by atoms with Gasteiger partial charge in [-0.25, -0.2) is 9.78 Å². The van der Waals surface area contributed by atoms with Crippen LogP contribution >= 0.6 is 0 Å². The molecule has 3 atom stereocenters. The van der Waals surface area contributed by atoms with Crippen molar-refractivity contribution in [2.75, 3.05) is 18.9 Å². The van der Waals surface area contributed by atoms with E-state index in [-0.39, 0.29) is 43.0 Å². The molecule has 0 radical (unpaired) electrons. The Labute approximate surface area is 266 Å². The highest BCUT2D eigenvalue weighted by atomic mass is 19.1. The summed E-state index contributed by atoms with van der Waals surface area (Å²) in [4.78, 5) is 36.8. The maximum atomic E-state index is 14.0. The maximum Gasteiger partial charge on any atom is 0.508 e. The van der Waals surface area contributed by atoms with Gasteiger partial charge in [0.2, 0.25) is 5.60 Å². The van der Waals surface area contributed by atoms with Gasteiger partial charge < -0.3 is 24.7 Å². The Kier molecular flexibility index (Phi) is 15.3. The first kappa shape index (κ1) is 36.0. The van der Waals surface area contributed by atoms with E-state index in [0.717, 1.165) is 38.5 Å². The van der Waals surface area contributed by atoms with E-state index in [1.165, 1.54) is 55.8 Å². The van der Waals surface area contributed by atoms with Gasteiger partial charge in [-0.1, -0.05) is 103 Å². The first-order chi connectivity index (χ1) is 21.8. The normalized spacial score (nSPS) is 19.4. The number of halogens is 1. The summed E-state index contributed by atoms with van der Waals surface area (Å²) >= 11 is 0. The Hall–Kier alpha value is -3.46. The van der Waals surface area contributed by atoms with Crippen molar-refractivity contribution in [3.05, 3.63) is 12.4 Å². The van der Waals surface area contributed by atoms with Gasteiger partial charge in [-0.15, -0.1) is 6.42 Å². The summed E-state index contributed by atoms with van der Waals surface area (Å²) in [6, 6.07) is 0. The molecule has 45 heavy (non-hydrogen) atoms. The topological polar surface area (TPSA) is 141 Å². The van der Waals surface area contributed by atoms with E-state index >= 15 is 0 Å². The first-order valence-electron chi connectivity index (χ1n) is 16.6. The van der Waals surface area contributed by atoms with Crippen LogP contribution in [0.1, 0.15) is 129 Å². The highest BCUT2D eigenvalue weighted by molar-refractivity contribution is 5.81. The predicted molar refractivity (Wildman–Crippen MR) is 168 cm³/mol. The lowest BCUT2D eigenvalue weighted by atomic mass is 9.98. The fraction of sp³-hybridized carbons (Fsp3) is 0.727. The van der Waals surface area contributed by atoms with Crippen LogP contribution in [0.2, 0.25) is 0 Å². The smallest absolute Gasteiger partial charge is 0.461 e. The molecule has 1 saturated heterocycles. The van der Waals surface area contributed by atoms with Crippen LogP contribution in [-0.4, -0.2) is 56.6 Å². The summed E-state index contributed by atoms with van der Waals surface area (Å²) in [6.45, 7) is 4.18. The van der Waals surface area contributed by atoms with Gasteiger partial charge >= 0.3 is 18.2 Å². The van der Waals surface area contributed by atoms with E-state index in [0.29, 0.717) is 12.8 Å². The van der Waals surface area contributed by atoms with Crippen molar-refractivity contribution in [2.45, 2.75) is 141 Å². The second-order valence-corrected chi connectivity index (χ2v) is 11.8. The average molecular weight is 632 g/mol. The summed E-state index contributed by atoms with van der Waals surface area (Å²) in [6.07, 6.45) is 20.4. The molecule has 0 amide bonds. The highest BCUT2D eigenvalue weighted by Crippen LogP contribution is 2.40. The monoisotopic (exact) mass is 631 g/mol. The number of carbonyl (C=O) groups is 2. The summed E-state index contributed by atoms with van der Waals surface area (Å²) in [7, 11) is 0. The zero-order chi connectivity index (χ0) is 32.5. The van der Waals surface area contributed by atoms with Crippen molar-refractivity contribution in [3.8, 4) is 12.3 Å². The molecule has 1 fully saturated rings. The number of nitrogens with two attached hydrogens (primary N) is 1. The second-order valence-electron chi connectivity index (χ2n) is 11.8. The molecule has 2 aromatic heterocycles. The third kappa shape index (κ3) is 11.1. The van der Waals surface area contributed by atoms with Crippen LogP contribution < -0.4 is 5.73 Å². The number of hydrogen-bond donors (Lipinski definition) is 1. The average Bonchev–Trinajstić information content (AvgIpc) is 3.60. The van der Waals surface area contributed by atoms with Crippen LogP contribution in [0, 0.1) is 18.4 Å². The van der Waals surface area contributed by atoms with Gasteiger partial charge in [0.25, 0.3) is 0 Å². The van der Waals surface area contributed by atoms with E-state index < -0.39 is 36.1 Å². The van der Waals surface area contributed by atoms with Crippen LogP contribution in [0.3, 0.4) is 0 Å². The third-order valence-electron chi connectivity index (χ3n) is 8.15. The molecule has 0 spiro atoms. The van der Waals surface area contributed by atoms with Crippen LogP contribution in [0.15, 0.2) is 6.33 Å². The number of esters is 1. The van der Waals surface area contributed by atoms with Crippen molar-refractivity contribution >= 4 is 29.1 Å². The molecule has 0 unspecified atom stereocenters. The fourth-order valence-corrected chi connectivity index (χ4v) is 5.50. The zero-order valence-corrected chi connectivity index (χ0v) is 26.9. The molecule has 1 aliphatic heterocycles. The van der Waals surface area contributed by atoms with Gasteiger partial charge in [-0.05, 0) is 12.8 Å². The van der Waals surface area contributed by atoms with Crippen molar-refractivity contribution in [3.63, 3.8) is 0 Å². The maximum absolute atomic E-state index is 14.0. The number of rotatable bonds is 21. The van der Waals surface area contributed by atoms with Crippen LogP contribution in [0.25, 0.3) is 11.2 Å². The molecule has 0 aromatic carbocycles. The third-order valence-corrected chi connectivity index (χ3v) is 8.15. The summed E-state index contributed by atoms with van der Waals surface area (Å²) < 4.78 is 38.1. The molecule has 0 aliphatic carbocycles. The number of carbonyl (C=O) groups excluding carboxylic acids is 2. The quantitative estimate of drug-likeness (QED) is 0.0651. The summed E-state index contributed by atoms with van der Waals surface area (Å²) in [5, 5.41) is 0. The van der Waals surface area contributed by atoms with E-state index in [4.69, 9.17) is 31.1 Å². The highest BCUT2D eigenvalue weighted by Gasteiger charge is 2.52. The molecule has 3 heterocycles. The molecule has 0 saturated carbocycles. The molecule has 12 heteroatoms. The Balaban J connectivity index is 1.56. The SMILES string of the molecule is C#C[C@]1(COC(=O)CCCCCCCCCCCCC)O[C@@H](n2cnc3c(N)nc(F)nc32)C[C@@H]1OC(=O)OCCCCCC. The molecular formula is C33H50FN5O6. The Morgan fingerprint density at radius 3 is 2.27 bits per heavy atom. The minimum atomic E-state index is -1.62. The van der Waals surface area contributed by atoms with Crippen molar-refractivity contribution < 1.29 is 32.9 Å². The van der Waals surface area contributed by atoms with Gasteiger partial charge in [0.1, 0.15) is 12.8 Å². The van der Waals surface area contributed by atoms with Crippen molar-refractivity contribution in [1.82, 2.24) is 19.5 Å². The number of fused-ring (bicyclic) bond motifs is 1. The predicted octanol–water partition coefficient (Wildman–Crippen LogP) is 7.18. The number of unbranched alkanes of at least 4 members (excludes halogenated alkanes) is 13. The molecule has 1 aliphatic rings. The molecule has 2 aromatic rings.